The Hall–Kier alpha value is -1.03. The highest BCUT2D eigenvalue weighted by atomic mass is 79.9. The first-order valence-electron chi connectivity index (χ1n) is 6.11. The monoisotopic (exact) mass is 313 g/mol. The number of carbonyl (C=O) groups is 1. The van der Waals surface area contributed by atoms with Crippen LogP contribution in [0.4, 0.5) is 5.69 Å². The van der Waals surface area contributed by atoms with Crippen molar-refractivity contribution in [1.29, 1.82) is 0 Å². The lowest BCUT2D eigenvalue weighted by atomic mass is 9.82. The molecule has 1 aromatic carbocycles. The minimum Gasteiger partial charge on any atom is -0.481 e. The Morgan fingerprint density at radius 3 is 2.50 bits per heavy atom. The van der Waals surface area contributed by atoms with Gasteiger partial charge >= 0.3 is 5.97 Å². The van der Waals surface area contributed by atoms with Crippen LogP contribution in [-0.4, -0.2) is 11.1 Å². The lowest BCUT2D eigenvalue weighted by molar-refractivity contribution is -0.140. The van der Waals surface area contributed by atoms with Gasteiger partial charge in [0.2, 0.25) is 0 Å². The fraction of sp³-hybridized carbons (Fsp3) is 0.500. The smallest absolute Gasteiger partial charge is 0.311 e. The normalized spacial score (nSPS) is 14.5. The molecule has 1 aromatic rings. The minimum atomic E-state index is -0.812. The molecule has 0 aliphatic heterocycles. The van der Waals surface area contributed by atoms with Crippen molar-refractivity contribution in [3.63, 3.8) is 0 Å². The molecule has 3 nitrogen and oxygen atoms in total. The molecule has 0 aliphatic carbocycles. The third kappa shape index (κ3) is 3.48. The largest absolute Gasteiger partial charge is 0.481 e. The minimum absolute atomic E-state index is 0.0547. The molecule has 2 atom stereocenters. The number of anilines is 1. The molecule has 4 heteroatoms. The average molecular weight is 314 g/mol. The Kier molecular flexibility index (Phi) is 5.20. The predicted octanol–water partition coefficient (Wildman–Crippen LogP) is 3.88. The third-order valence-corrected chi connectivity index (χ3v) is 3.79. The maximum Gasteiger partial charge on any atom is 0.311 e. The molecule has 0 heterocycles. The first kappa shape index (κ1) is 15.0. The van der Waals surface area contributed by atoms with E-state index in [1.807, 2.05) is 19.1 Å². The van der Waals surface area contributed by atoms with Gasteiger partial charge in [0.05, 0.1) is 5.92 Å². The van der Waals surface area contributed by atoms with Crippen molar-refractivity contribution >= 4 is 27.6 Å². The Balaban J connectivity index is 3.12. The van der Waals surface area contributed by atoms with Gasteiger partial charge in [0.15, 0.2) is 0 Å². The molecule has 0 radical (unpaired) electrons. The SMILES string of the molecule is CC(C)CC(C)C(C(=O)O)c1cccc(Br)c1N. The standard InChI is InChI=1S/C14H20BrNO2/c1-8(2)7-9(3)12(14(17)18)10-5-4-6-11(15)13(10)16/h4-6,8-9,12H,7,16H2,1-3H3,(H,17,18). The van der Waals surface area contributed by atoms with Gasteiger partial charge in [0.1, 0.15) is 0 Å². The second-order valence-electron chi connectivity index (χ2n) is 5.17. The summed E-state index contributed by atoms with van der Waals surface area (Å²) in [7, 11) is 0. The molecule has 100 valence electrons. The highest BCUT2D eigenvalue weighted by Crippen LogP contribution is 2.35. The maximum absolute atomic E-state index is 11.5. The molecule has 1 rings (SSSR count). The van der Waals surface area contributed by atoms with Gasteiger partial charge in [0.25, 0.3) is 0 Å². The predicted molar refractivity (Wildman–Crippen MR) is 77.6 cm³/mol. The van der Waals surface area contributed by atoms with Gasteiger partial charge < -0.3 is 10.8 Å². The molecule has 0 bridgehead atoms. The van der Waals surface area contributed by atoms with Gasteiger partial charge in [-0.2, -0.15) is 0 Å². The second-order valence-corrected chi connectivity index (χ2v) is 6.02. The van der Waals surface area contributed by atoms with Crippen LogP contribution < -0.4 is 5.73 Å². The summed E-state index contributed by atoms with van der Waals surface area (Å²) in [5, 5.41) is 9.45. The van der Waals surface area contributed by atoms with Crippen LogP contribution in [0.25, 0.3) is 0 Å². The summed E-state index contributed by atoms with van der Waals surface area (Å²) in [6, 6.07) is 5.45. The summed E-state index contributed by atoms with van der Waals surface area (Å²) in [6.07, 6.45) is 0.864. The molecule has 0 aromatic heterocycles. The van der Waals surface area contributed by atoms with E-state index in [4.69, 9.17) is 5.73 Å². The number of para-hydroxylation sites is 1. The molecule has 0 aliphatic rings. The van der Waals surface area contributed by atoms with Crippen LogP contribution in [0.2, 0.25) is 0 Å². The van der Waals surface area contributed by atoms with Crippen molar-refractivity contribution in [2.24, 2.45) is 11.8 Å². The number of hydrogen-bond donors (Lipinski definition) is 2. The highest BCUT2D eigenvalue weighted by Gasteiger charge is 2.29. The highest BCUT2D eigenvalue weighted by molar-refractivity contribution is 9.10. The van der Waals surface area contributed by atoms with Crippen LogP contribution in [-0.2, 0) is 4.79 Å². The number of aliphatic carboxylic acids is 1. The molecular formula is C14H20BrNO2. The zero-order valence-corrected chi connectivity index (χ0v) is 12.6. The summed E-state index contributed by atoms with van der Waals surface area (Å²) in [4.78, 5) is 11.5. The number of benzene rings is 1. The Morgan fingerprint density at radius 2 is 2.00 bits per heavy atom. The lowest BCUT2D eigenvalue weighted by Crippen LogP contribution is -2.22. The molecule has 0 spiro atoms. The van der Waals surface area contributed by atoms with E-state index in [1.165, 1.54) is 0 Å². The van der Waals surface area contributed by atoms with Gasteiger partial charge in [-0.05, 0) is 45.8 Å². The van der Waals surface area contributed by atoms with Gasteiger partial charge in [0, 0.05) is 10.2 Å². The van der Waals surface area contributed by atoms with E-state index in [9.17, 15) is 9.90 Å². The molecule has 0 saturated heterocycles. The van der Waals surface area contributed by atoms with Crippen LogP contribution in [0, 0.1) is 11.8 Å². The van der Waals surface area contributed by atoms with Crippen molar-refractivity contribution in [2.45, 2.75) is 33.1 Å². The summed E-state index contributed by atoms with van der Waals surface area (Å²) in [6.45, 7) is 6.17. The number of halogens is 1. The number of nitrogen functional groups attached to an aromatic ring is 1. The molecule has 0 saturated carbocycles. The quantitative estimate of drug-likeness (QED) is 0.811. The van der Waals surface area contributed by atoms with Crippen molar-refractivity contribution in [3.8, 4) is 0 Å². The number of hydrogen-bond acceptors (Lipinski definition) is 2. The van der Waals surface area contributed by atoms with Gasteiger partial charge in [-0.25, -0.2) is 0 Å². The zero-order valence-electron chi connectivity index (χ0n) is 11.0. The summed E-state index contributed by atoms with van der Waals surface area (Å²) < 4.78 is 0.753. The fourth-order valence-corrected chi connectivity index (χ4v) is 2.77. The molecule has 3 N–H and O–H groups in total. The van der Waals surface area contributed by atoms with E-state index in [-0.39, 0.29) is 5.92 Å². The number of nitrogens with two attached hydrogens (primary N) is 1. The Morgan fingerprint density at radius 1 is 1.39 bits per heavy atom. The zero-order chi connectivity index (χ0) is 13.9. The lowest BCUT2D eigenvalue weighted by Gasteiger charge is -2.23. The van der Waals surface area contributed by atoms with Gasteiger partial charge in [-0.15, -0.1) is 0 Å². The first-order valence-corrected chi connectivity index (χ1v) is 6.90. The number of carboxylic acids is 1. The fourth-order valence-electron chi connectivity index (χ4n) is 2.39. The first-order chi connectivity index (χ1) is 8.34. The maximum atomic E-state index is 11.5. The Labute approximate surface area is 117 Å². The number of rotatable bonds is 5. The molecular weight excluding hydrogens is 294 g/mol. The van der Waals surface area contributed by atoms with Crippen LogP contribution >= 0.6 is 15.9 Å². The van der Waals surface area contributed by atoms with E-state index in [1.54, 1.807) is 6.07 Å². The second kappa shape index (κ2) is 6.23. The van der Waals surface area contributed by atoms with Crippen LogP contribution in [0.1, 0.15) is 38.7 Å². The van der Waals surface area contributed by atoms with Crippen LogP contribution in [0.3, 0.4) is 0 Å². The molecule has 2 unspecified atom stereocenters. The van der Waals surface area contributed by atoms with Crippen molar-refractivity contribution in [2.75, 3.05) is 5.73 Å². The topological polar surface area (TPSA) is 63.3 Å². The van der Waals surface area contributed by atoms with E-state index in [0.29, 0.717) is 17.2 Å². The molecule has 0 amide bonds. The van der Waals surface area contributed by atoms with Crippen LogP contribution in [0.5, 0.6) is 0 Å². The molecule has 18 heavy (non-hydrogen) atoms. The van der Waals surface area contributed by atoms with E-state index >= 15 is 0 Å². The average Bonchev–Trinajstić information content (AvgIpc) is 2.23. The van der Waals surface area contributed by atoms with Gasteiger partial charge in [-0.3, -0.25) is 4.79 Å². The summed E-state index contributed by atoms with van der Waals surface area (Å²) in [5.41, 5.74) is 7.21. The summed E-state index contributed by atoms with van der Waals surface area (Å²) >= 11 is 3.35. The van der Waals surface area contributed by atoms with Gasteiger partial charge in [-0.1, -0.05) is 32.9 Å². The van der Waals surface area contributed by atoms with Crippen molar-refractivity contribution < 1.29 is 9.90 Å². The van der Waals surface area contributed by atoms with Crippen molar-refractivity contribution in [1.82, 2.24) is 0 Å². The number of carboxylic acid groups (broad SMARTS) is 1. The van der Waals surface area contributed by atoms with Crippen molar-refractivity contribution in [3.05, 3.63) is 28.2 Å². The van der Waals surface area contributed by atoms with E-state index < -0.39 is 11.9 Å². The van der Waals surface area contributed by atoms with Crippen LogP contribution in [0.15, 0.2) is 22.7 Å². The van der Waals surface area contributed by atoms with E-state index in [2.05, 4.69) is 29.8 Å². The third-order valence-electron chi connectivity index (χ3n) is 3.10. The molecule has 0 fully saturated rings. The Bertz CT molecular complexity index is 432. The summed E-state index contributed by atoms with van der Waals surface area (Å²) in [5.74, 6) is -0.841. The van der Waals surface area contributed by atoms with E-state index in [0.717, 1.165) is 10.9 Å².